The first-order valence-corrected chi connectivity index (χ1v) is 23.3. The molecule has 0 atom stereocenters. The van der Waals surface area contributed by atoms with Gasteiger partial charge in [-0.3, -0.25) is 0 Å². The maximum absolute atomic E-state index is 2.56. The van der Waals surface area contributed by atoms with E-state index in [0.717, 1.165) is 28.4 Å². The maximum Gasteiger partial charge on any atom is 0.252 e. The van der Waals surface area contributed by atoms with E-state index < -0.39 is 0 Å². The Bertz CT molecular complexity index is 2670. The first-order valence-electron chi connectivity index (χ1n) is 23.3. The highest BCUT2D eigenvalue weighted by atomic mass is 15.2. The highest BCUT2D eigenvalue weighted by Gasteiger charge is 2.45. The van der Waals surface area contributed by atoms with Crippen LogP contribution in [0, 0.1) is 13.8 Å². The number of nitrogens with zero attached hydrogens (tertiary/aromatic N) is 3. The lowest BCUT2D eigenvalue weighted by molar-refractivity contribution is 0.590. The summed E-state index contributed by atoms with van der Waals surface area (Å²) in [7, 11) is 0. The van der Waals surface area contributed by atoms with Gasteiger partial charge in [0.05, 0.1) is 5.69 Å². The number of benzene rings is 7. The van der Waals surface area contributed by atoms with Gasteiger partial charge in [0.1, 0.15) is 0 Å². The molecule has 64 heavy (non-hydrogen) atoms. The minimum atomic E-state index is -0.0324. The third kappa shape index (κ3) is 7.74. The second kappa shape index (κ2) is 15.3. The van der Waals surface area contributed by atoms with Gasteiger partial charge in [0.15, 0.2) is 0 Å². The molecule has 0 aromatic heterocycles. The molecule has 9 rings (SSSR count). The smallest absolute Gasteiger partial charge is 0.252 e. The van der Waals surface area contributed by atoms with Crippen molar-refractivity contribution in [1.82, 2.24) is 0 Å². The molecule has 7 aromatic carbocycles. The van der Waals surface area contributed by atoms with Gasteiger partial charge in [-0.2, -0.15) is 0 Å². The normalized spacial score (nSPS) is 13.7. The molecule has 2 aliphatic heterocycles. The van der Waals surface area contributed by atoms with Crippen molar-refractivity contribution in [3.05, 3.63) is 179 Å². The van der Waals surface area contributed by atoms with Crippen molar-refractivity contribution in [2.45, 2.75) is 119 Å². The van der Waals surface area contributed by atoms with E-state index in [0.29, 0.717) is 0 Å². The van der Waals surface area contributed by atoms with Crippen LogP contribution in [-0.4, -0.2) is 6.71 Å². The zero-order chi connectivity index (χ0) is 45.7. The number of aryl methyl sites for hydroxylation is 2. The lowest BCUT2D eigenvalue weighted by atomic mass is 9.33. The molecule has 0 amide bonds. The molecule has 0 bridgehead atoms. The van der Waals surface area contributed by atoms with Crippen molar-refractivity contribution in [3.63, 3.8) is 0 Å². The van der Waals surface area contributed by atoms with E-state index in [2.05, 4.69) is 257 Å². The molecule has 324 valence electrons. The summed E-state index contributed by atoms with van der Waals surface area (Å²) in [6.45, 7) is 32.2. The first kappa shape index (κ1) is 43.3. The van der Waals surface area contributed by atoms with Crippen molar-refractivity contribution in [1.29, 1.82) is 0 Å². The fraction of sp³-hybridized carbons (Fsp3) is 0.300. The average Bonchev–Trinajstić information content (AvgIpc) is 3.23. The van der Waals surface area contributed by atoms with Crippen LogP contribution in [0.1, 0.15) is 116 Å². The Morgan fingerprint density at radius 2 is 0.672 bits per heavy atom. The predicted octanol–water partition coefficient (Wildman–Crippen LogP) is 15.0. The molecular weight excluding hydrogens is 773 g/mol. The summed E-state index contributed by atoms with van der Waals surface area (Å²) in [4.78, 5) is 7.58. The Labute approximate surface area is 384 Å². The van der Waals surface area contributed by atoms with E-state index in [1.165, 1.54) is 72.5 Å². The second-order valence-corrected chi connectivity index (χ2v) is 22.6. The van der Waals surface area contributed by atoms with Crippen molar-refractivity contribution in [3.8, 4) is 0 Å². The largest absolute Gasteiger partial charge is 0.311 e. The monoisotopic (exact) mass is 840 g/mol. The van der Waals surface area contributed by atoms with Gasteiger partial charge < -0.3 is 14.7 Å². The highest BCUT2D eigenvalue weighted by molar-refractivity contribution is 7.00. The maximum atomic E-state index is 2.56. The van der Waals surface area contributed by atoms with E-state index in [1.807, 2.05) is 0 Å². The van der Waals surface area contributed by atoms with E-state index >= 15 is 0 Å². The fourth-order valence-electron chi connectivity index (χ4n) is 9.67. The standard InChI is InChI=1S/C60H66BN3/c1-39-15-25-45(26-16-39)62(46-27-17-40(2)18-28-46)49-37-54-56-55(38-49)64(48-31-21-42(22-32-48)58(6,7)8)53-34-24-44(60(12,13)14)36-51(53)61(56)50-35-43(59(9,10)11)23-33-52(50)63(54)47-29-19-41(20-30-47)57(3,4)5/h15-38H,1-14H3. The van der Waals surface area contributed by atoms with Gasteiger partial charge in [0.25, 0.3) is 6.71 Å². The van der Waals surface area contributed by atoms with Crippen molar-refractivity contribution in [2.24, 2.45) is 0 Å². The molecule has 2 heterocycles. The van der Waals surface area contributed by atoms with Crippen LogP contribution in [0.25, 0.3) is 0 Å². The summed E-state index contributed by atoms with van der Waals surface area (Å²) in [5, 5.41) is 0. The quantitative estimate of drug-likeness (QED) is 0.160. The van der Waals surface area contributed by atoms with Crippen molar-refractivity contribution in [2.75, 3.05) is 14.7 Å². The molecule has 4 heteroatoms. The lowest BCUT2D eigenvalue weighted by Gasteiger charge is -2.45. The van der Waals surface area contributed by atoms with E-state index in [1.54, 1.807) is 0 Å². The van der Waals surface area contributed by atoms with Crippen molar-refractivity contribution >= 4 is 74.3 Å². The third-order valence-corrected chi connectivity index (χ3v) is 13.6. The number of hydrogen-bond acceptors (Lipinski definition) is 3. The van der Waals surface area contributed by atoms with Crippen molar-refractivity contribution < 1.29 is 0 Å². The Morgan fingerprint density at radius 3 is 1.00 bits per heavy atom. The summed E-state index contributed by atoms with van der Waals surface area (Å²) in [5.41, 5.74) is 22.3. The molecule has 3 nitrogen and oxygen atoms in total. The summed E-state index contributed by atoms with van der Waals surface area (Å²) in [6, 6.07) is 56.3. The van der Waals surface area contributed by atoms with Crippen LogP contribution in [0.2, 0.25) is 0 Å². The van der Waals surface area contributed by atoms with Crippen LogP contribution in [0.5, 0.6) is 0 Å². The number of anilines is 9. The van der Waals surface area contributed by atoms with Crippen LogP contribution < -0.4 is 31.1 Å². The molecule has 0 spiro atoms. The summed E-state index contributed by atoms with van der Waals surface area (Å²) < 4.78 is 0. The Morgan fingerprint density at radius 1 is 0.344 bits per heavy atom. The van der Waals surface area contributed by atoms with Crippen LogP contribution in [0.3, 0.4) is 0 Å². The fourth-order valence-corrected chi connectivity index (χ4v) is 9.67. The predicted molar refractivity (Wildman–Crippen MR) is 279 cm³/mol. The molecule has 0 aliphatic carbocycles. The second-order valence-electron chi connectivity index (χ2n) is 22.6. The SMILES string of the molecule is Cc1ccc(N(c2ccc(C)cc2)c2cc3c4c(c2)N(c2ccc(C(C)(C)C)cc2)c2ccc(C(C)(C)C)cc2B4c2cc(C(C)(C)C)ccc2N3c2ccc(C(C)(C)C)cc2)cc1. The molecule has 0 radical (unpaired) electrons. The van der Waals surface area contributed by atoms with Crippen LogP contribution in [0.15, 0.2) is 146 Å². The van der Waals surface area contributed by atoms with Crippen LogP contribution >= 0.6 is 0 Å². The van der Waals surface area contributed by atoms with Gasteiger partial charge in [-0.05, 0) is 147 Å². The molecule has 0 saturated heterocycles. The zero-order valence-corrected chi connectivity index (χ0v) is 40.8. The minimum Gasteiger partial charge on any atom is -0.311 e. The minimum absolute atomic E-state index is 0.00366. The first-order chi connectivity index (χ1) is 30.1. The average molecular weight is 840 g/mol. The molecule has 0 fully saturated rings. The summed E-state index contributed by atoms with van der Waals surface area (Å²) in [6.07, 6.45) is 0. The summed E-state index contributed by atoms with van der Waals surface area (Å²) in [5.74, 6) is 0. The molecule has 0 N–H and O–H groups in total. The lowest BCUT2D eigenvalue weighted by Crippen LogP contribution is -2.61. The number of rotatable bonds is 5. The van der Waals surface area contributed by atoms with Gasteiger partial charge in [0.2, 0.25) is 0 Å². The number of fused-ring (bicyclic) bond motifs is 4. The Balaban J connectivity index is 1.43. The van der Waals surface area contributed by atoms with Gasteiger partial charge in [0, 0.05) is 45.5 Å². The van der Waals surface area contributed by atoms with Gasteiger partial charge in [-0.15, -0.1) is 0 Å². The molecule has 2 aliphatic rings. The topological polar surface area (TPSA) is 9.72 Å². The van der Waals surface area contributed by atoms with Gasteiger partial charge in [-0.25, -0.2) is 0 Å². The highest BCUT2D eigenvalue weighted by Crippen LogP contribution is 2.49. The zero-order valence-electron chi connectivity index (χ0n) is 40.8. The van der Waals surface area contributed by atoms with Gasteiger partial charge >= 0.3 is 0 Å². The molecule has 0 saturated carbocycles. The van der Waals surface area contributed by atoms with E-state index in [-0.39, 0.29) is 28.4 Å². The molecule has 0 unspecified atom stereocenters. The Kier molecular flexibility index (Phi) is 10.4. The number of hydrogen-bond donors (Lipinski definition) is 0. The third-order valence-electron chi connectivity index (χ3n) is 13.6. The van der Waals surface area contributed by atoms with Gasteiger partial charge in [-0.1, -0.05) is 167 Å². The molecule has 7 aromatic rings. The van der Waals surface area contributed by atoms with E-state index in [4.69, 9.17) is 0 Å². The van der Waals surface area contributed by atoms with Crippen LogP contribution in [-0.2, 0) is 21.7 Å². The molecular formula is C60H66BN3. The summed E-state index contributed by atoms with van der Waals surface area (Å²) >= 11 is 0. The van der Waals surface area contributed by atoms with E-state index in [9.17, 15) is 0 Å². The van der Waals surface area contributed by atoms with Crippen LogP contribution in [0.4, 0.5) is 51.2 Å². The Hall–Kier alpha value is -6.00.